The topological polar surface area (TPSA) is 51.6 Å². The van der Waals surface area contributed by atoms with Gasteiger partial charge in [-0.25, -0.2) is 9.97 Å². The van der Waals surface area contributed by atoms with Crippen molar-refractivity contribution in [2.75, 3.05) is 0 Å². The first-order valence-electron chi connectivity index (χ1n) is 17.0. The van der Waals surface area contributed by atoms with Crippen LogP contribution in [0.15, 0.2) is 170 Å². The Morgan fingerprint density at radius 2 is 1.06 bits per heavy atom. The second kappa shape index (κ2) is 12.1. The van der Waals surface area contributed by atoms with Gasteiger partial charge in [0, 0.05) is 54.3 Å². The molecule has 0 unspecified atom stereocenters. The summed E-state index contributed by atoms with van der Waals surface area (Å²) in [5.41, 5.74) is 11.0. The highest BCUT2D eigenvalue weighted by Gasteiger charge is 2.18. The van der Waals surface area contributed by atoms with Crippen molar-refractivity contribution in [2.45, 2.75) is 0 Å². The van der Waals surface area contributed by atoms with Crippen molar-refractivity contribution in [1.29, 1.82) is 0 Å². The third-order valence-corrected chi connectivity index (χ3v) is 10.8. The fraction of sp³-hybridized carbons (Fsp3) is 0. The van der Waals surface area contributed by atoms with Crippen LogP contribution in [-0.2, 0) is 0 Å². The lowest BCUT2D eigenvalue weighted by Crippen LogP contribution is -1.93. The molecule has 0 saturated heterocycles. The Hall–Kier alpha value is -6.56. The number of nitrogens with zero attached hydrogens (tertiary/aromatic N) is 4. The molecule has 0 amide bonds. The van der Waals surface area contributed by atoms with E-state index in [0.29, 0.717) is 0 Å². The molecule has 5 heterocycles. The Balaban J connectivity index is 1.12. The number of hydrogen-bond acceptors (Lipinski definition) is 5. The van der Waals surface area contributed by atoms with Crippen LogP contribution in [0, 0.1) is 0 Å². The van der Waals surface area contributed by atoms with Crippen molar-refractivity contribution in [3.05, 3.63) is 170 Å². The lowest BCUT2D eigenvalue weighted by Gasteiger charge is -2.12. The normalized spacial score (nSPS) is 11.5. The average Bonchev–Trinajstić information content (AvgIpc) is 3.61. The fourth-order valence-electron chi connectivity index (χ4n) is 7.20. The van der Waals surface area contributed by atoms with Crippen LogP contribution in [0.4, 0.5) is 0 Å². The SMILES string of the molecule is c1ccc(-c2nc3ccccc3c3c2ccc2sc4c(-c5ccc(-c6cc(-c7ccccn7)nc(-c7ccccn7)c6)cc5)cccc4c23)cc1. The molecular weight excluding hydrogens is 641 g/mol. The maximum atomic E-state index is 5.18. The van der Waals surface area contributed by atoms with Crippen LogP contribution in [0.25, 0.3) is 98.1 Å². The first-order valence-corrected chi connectivity index (χ1v) is 17.8. The molecule has 5 aromatic heterocycles. The number of benzene rings is 5. The highest BCUT2D eigenvalue weighted by Crippen LogP contribution is 2.46. The molecule has 0 aliphatic rings. The zero-order chi connectivity index (χ0) is 33.7. The van der Waals surface area contributed by atoms with E-state index in [9.17, 15) is 0 Å². The molecule has 0 atom stereocenters. The maximum absolute atomic E-state index is 5.18. The molecule has 0 saturated carbocycles. The molecule has 51 heavy (non-hydrogen) atoms. The van der Waals surface area contributed by atoms with E-state index in [1.807, 2.05) is 47.7 Å². The van der Waals surface area contributed by atoms with Crippen LogP contribution in [-0.4, -0.2) is 19.9 Å². The van der Waals surface area contributed by atoms with Crippen LogP contribution >= 0.6 is 11.3 Å². The van der Waals surface area contributed by atoms with Crippen LogP contribution in [0.1, 0.15) is 0 Å². The van der Waals surface area contributed by atoms with Crippen LogP contribution in [0.3, 0.4) is 0 Å². The van der Waals surface area contributed by atoms with Crippen LogP contribution < -0.4 is 0 Å². The standard InChI is InChI=1S/C46H28N4S/c1-2-11-31(12-3-1)45-35-23-24-42-44(43(35)34-13-4-5-16-37(34)50-45)36-15-10-14-33(46(36)51-42)30-21-19-29(20-22-30)32-27-40(38-17-6-8-25-47-38)49-41(28-32)39-18-7-9-26-48-39/h1-28H. The summed E-state index contributed by atoms with van der Waals surface area (Å²) in [5.74, 6) is 0. The molecule has 0 fully saturated rings. The molecule has 10 rings (SSSR count). The van der Waals surface area contributed by atoms with E-state index in [-0.39, 0.29) is 0 Å². The van der Waals surface area contributed by atoms with Gasteiger partial charge in [-0.05, 0) is 70.8 Å². The lowest BCUT2D eigenvalue weighted by molar-refractivity contribution is 1.22. The molecule has 4 nitrogen and oxygen atoms in total. The minimum absolute atomic E-state index is 0.818. The van der Waals surface area contributed by atoms with Gasteiger partial charge in [-0.15, -0.1) is 11.3 Å². The summed E-state index contributed by atoms with van der Waals surface area (Å²) in [7, 11) is 0. The summed E-state index contributed by atoms with van der Waals surface area (Å²) in [5, 5.41) is 6.18. The maximum Gasteiger partial charge on any atom is 0.0900 e. The Labute approximate surface area is 298 Å². The van der Waals surface area contributed by atoms with E-state index in [2.05, 4.69) is 131 Å². The molecular formula is C46H28N4S. The van der Waals surface area contributed by atoms with Gasteiger partial charge in [-0.2, -0.15) is 0 Å². The van der Waals surface area contributed by atoms with Gasteiger partial charge in [0.25, 0.3) is 0 Å². The highest BCUT2D eigenvalue weighted by molar-refractivity contribution is 7.26. The molecule has 0 aliphatic carbocycles. The summed E-state index contributed by atoms with van der Waals surface area (Å²) in [4.78, 5) is 19.3. The second-order valence-electron chi connectivity index (χ2n) is 12.6. The Bertz CT molecular complexity index is 2830. The molecule has 238 valence electrons. The van der Waals surface area contributed by atoms with Crippen molar-refractivity contribution in [3.8, 4) is 56.3 Å². The first-order chi connectivity index (χ1) is 25.3. The predicted octanol–water partition coefficient (Wildman–Crippen LogP) is 12.3. The number of aromatic nitrogens is 4. The smallest absolute Gasteiger partial charge is 0.0900 e. The van der Waals surface area contributed by atoms with Crippen molar-refractivity contribution >= 4 is 53.2 Å². The Morgan fingerprint density at radius 3 is 1.78 bits per heavy atom. The number of rotatable bonds is 5. The zero-order valence-corrected chi connectivity index (χ0v) is 28.2. The first kappa shape index (κ1) is 29.4. The predicted molar refractivity (Wildman–Crippen MR) is 213 cm³/mol. The quantitative estimate of drug-likeness (QED) is 0.171. The Kier molecular flexibility index (Phi) is 6.96. The van der Waals surface area contributed by atoms with E-state index in [1.165, 1.54) is 47.5 Å². The zero-order valence-electron chi connectivity index (χ0n) is 27.4. The van der Waals surface area contributed by atoms with Crippen molar-refractivity contribution in [2.24, 2.45) is 0 Å². The molecule has 0 spiro atoms. The second-order valence-corrected chi connectivity index (χ2v) is 13.7. The highest BCUT2D eigenvalue weighted by atomic mass is 32.1. The number of hydrogen-bond donors (Lipinski definition) is 0. The van der Waals surface area contributed by atoms with Gasteiger partial charge in [-0.1, -0.05) is 109 Å². The van der Waals surface area contributed by atoms with Crippen molar-refractivity contribution < 1.29 is 0 Å². The van der Waals surface area contributed by atoms with E-state index < -0.39 is 0 Å². The minimum atomic E-state index is 0.818. The van der Waals surface area contributed by atoms with Crippen molar-refractivity contribution in [3.63, 3.8) is 0 Å². The molecule has 0 aliphatic heterocycles. The third kappa shape index (κ3) is 5.06. The third-order valence-electron chi connectivity index (χ3n) is 9.58. The molecule has 10 aromatic rings. The number of thiophene rings is 1. The number of para-hydroxylation sites is 1. The van der Waals surface area contributed by atoms with Crippen LogP contribution in [0.5, 0.6) is 0 Å². The summed E-state index contributed by atoms with van der Waals surface area (Å²) >= 11 is 1.87. The minimum Gasteiger partial charge on any atom is -0.255 e. The van der Waals surface area contributed by atoms with E-state index in [1.54, 1.807) is 12.4 Å². The summed E-state index contributed by atoms with van der Waals surface area (Å²) in [6.45, 7) is 0. The van der Waals surface area contributed by atoms with Gasteiger partial charge in [0.15, 0.2) is 0 Å². The van der Waals surface area contributed by atoms with E-state index in [0.717, 1.165) is 50.7 Å². The van der Waals surface area contributed by atoms with Gasteiger partial charge >= 0.3 is 0 Å². The summed E-state index contributed by atoms with van der Waals surface area (Å²) in [6.07, 6.45) is 3.61. The largest absolute Gasteiger partial charge is 0.255 e. The molecule has 0 bridgehead atoms. The Morgan fingerprint density at radius 1 is 0.392 bits per heavy atom. The van der Waals surface area contributed by atoms with Gasteiger partial charge < -0.3 is 0 Å². The fourth-order valence-corrected chi connectivity index (χ4v) is 8.45. The number of pyridine rings is 4. The average molecular weight is 669 g/mol. The van der Waals surface area contributed by atoms with E-state index >= 15 is 0 Å². The molecule has 0 radical (unpaired) electrons. The molecule has 0 N–H and O–H groups in total. The van der Waals surface area contributed by atoms with Gasteiger partial charge in [-0.3, -0.25) is 9.97 Å². The monoisotopic (exact) mass is 668 g/mol. The molecule has 5 heteroatoms. The molecule has 5 aromatic carbocycles. The van der Waals surface area contributed by atoms with Gasteiger partial charge in [0.1, 0.15) is 0 Å². The number of fused-ring (bicyclic) bond motifs is 7. The summed E-state index contributed by atoms with van der Waals surface area (Å²) < 4.78 is 2.56. The lowest BCUT2D eigenvalue weighted by atomic mass is 9.95. The summed E-state index contributed by atoms with van der Waals surface area (Å²) in [6, 6.07) is 55.3. The van der Waals surface area contributed by atoms with Gasteiger partial charge in [0.2, 0.25) is 0 Å². The van der Waals surface area contributed by atoms with Gasteiger partial charge in [0.05, 0.1) is 34.0 Å². The van der Waals surface area contributed by atoms with Crippen molar-refractivity contribution in [1.82, 2.24) is 19.9 Å². The van der Waals surface area contributed by atoms with Crippen LogP contribution in [0.2, 0.25) is 0 Å². The van der Waals surface area contributed by atoms with E-state index in [4.69, 9.17) is 9.97 Å².